The van der Waals surface area contributed by atoms with Crippen molar-refractivity contribution in [2.75, 3.05) is 76.6 Å². The minimum atomic E-state index is -1.16. The Morgan fingerprint density at radius 1 is 0.708 bits per heavy atom. The van der Waals surface area contributed by atoms with E-state index in [4.69, 9.17) is 34.5 Å². The van der Waals surface area contributed by atoms with Gasteiger partial charge in [0.05, 0.1) is 76.0 Å². The average molecular weight is 880 g/mol. The number of benzene rings is 5. The number of amides is 3. The van der Waals surface area contributed by atoms with Gasteiger partial charge in [-0.1, -0.05) is 42.2 Å². The molecule has 4 aromatic carbocycles. The predicted molar refractivity (Wildman–Crippen MR) is 243 cm³/mol. The van der Waals surface area contributed by atoms with Crippen molar-refractivity contribution in [3.8, 4) is 34.3 Å². The van der Waals surface area contributed by atoms with Gasteiger partial charge in [0.1, 0.15) is 11.3 Å². The zero-order valence-corrected chi connectivity index (χ0v) is 35.7. The molecular weight excluding hydrogens is 831 g/mol. The number of rotatable bonds is 21. The third kappa shape index (κ3) is 12.0. The van der Waals surface area contributed by atoms with Crippen LogP contribution in [0.1, 0.15) is 50.2 Å². The molecule has 3 amide bonds. The Balaban J connectivity index is 0.738. The lowest BCUT2D eigenvalue weighted by atomic mass is 9.89. The Bertz CT molecular complexity index is 2780. The summed E-state index contributed by atoms with van der Waals surface area (Å²) in [7, 11) is 0. The maximum atomic E-state index is 13.3. The summed E-state index contributed by atoms with van der Waals surface area (Å²) in [5, 5.41) is 24.6. The van der Waals surface area contributed by atoms with Crippen LogP contribution < -0.4 is 26.6 Å². The predicted octanol–water partition coefficient (Wildman–Crippen LogP) is 5.60. The van der Waals surface area contributed by atoms with Gasteiger partial charge in [0.25, 0.3) is 5.91 Å². The molecule has 0 fully saturated rings. The number of ether oxygens (including phenoxy) is 4. The fourth-order valence-electron chi connectivity index (χ4n) is 7.28. The van der Waals surface area contributed by atoms with E-state index >= 15 is 0 Å². The Kier molecular flexibility index (Phi) is 15.7. The molecule has 334 valence electrons. The number of hydrogen-bond acceptors (Lipinski definition) is 11. The zero-order valence-electron chi connectivity index (χ0n) is 35.7. The van der Waals surface area contributed by atoms with E-state index in [0.29, 0.717) is 85.3 Å². The Hall–Kier alpha value is -7.35. The number of para-hydroxylation sites is 1. The topological polar surface area (TPSA) is 216 Å². The molecule has 0 bridgehead atoms. The first-order valence-electron chi connectivity index (χ1n) is 21.2. The van der Waals surface area contributed by atoms with Crippen molar-refractivity contribution in [3.05, 3.63) is 136 Å². The molecule has 3 aliphatic rings. The molecule has 0 unspecified atom stereocenters. The van der Waals surface area contributed by atoms with Crippen molar-refractivity contribution in [1.29, 1.82) is 5.41 Å². The van der Waals surface area contributed by atoms with Gasteiger partial charge in [-0.2, -0.15) is 0 Å². The van der Waals surface area contributed by atoms with E-state index in [1.807, 2.05) is 48.5 Å². The van der Waals surface area contributed by atoms with E-state index in [0.717, 1.165) is 22.4 Å². The van der Waals surface area contributed by atoms with Crippen molar-refractivity contribution < 1.29 is 47.6 Å². The zero-order chi connectivity index (χ0) is 45.5. The number of nitrogens with zero attached hydrogens (tertiary/aromatic N) is 1. The lowest BCUT2D eigenvalue weighted by Gasteiger charge is -2.26. The van der Waals surface area contributed by atoms with Crippen LogP contribution in [-0.2, 0) is 35.1 Å². The van der Waals surface area contributed by atoms with Gasteiger partial charge in [-0.25, -0.2) is 4.79 Å². The van der Waals surface area contributed by atoms with E-state index in [9.17, 15) is 24.3 Å². The highest BCUT2D eigenvalue weighted by atomic mass is 16.6. The summed E-state index contributed by atoms with van der Waals surface area (Å²) in [5.41, 5.74) is 12.0. The summed E-state index contributed by atoms with van der Waals surface area (Å²) in [6.07, 6.45) is 0.299. The molecule has 2 heterocycles. The molecule has 0 spiro atoms. The average Bonchev–Trinajstić information content (AvgIpc) is 3.29. The van der Waals surface area contributed by atoms with Crippen LogP contribution in [0.2, 0.25) is 0 Å². The van der Waals surface area contributed by atoms with Gasteiger partial charge in [0, 0.05) is 77.0 Å². The summed E-state index contributed by atoms with van der Waals surface area (Å²) in [4.78, 5) is 53.0. The van der Waals surface area contributed by atoms with Gasteiger partial charge in [0.2, 0.25) is 11.8 Å². The lowest BCUT2D eigenvalue weighted by molar-refractivity contribution is -0.122. The van der Waals surface area contributed by atoms with Crippen molar-refractivity contribution >= 4 is 46.0 Å². The van der Waals surface area contributed by atoms with E-state index in [-0.39, 0.29) is 67.4 Å². The highest BCUT2D eigenvalue weighted by molar-refractivity contribution is 6.09. The molecule has 0 atom stereocenters. The van der Waals surface area contributed by atoms with Crippen molar-refractivity contribution in [2.45, 2.75) is 19.4 Å². The van der Waals surface area contributed by atoms with Gasteiger partial charge in [-0.15, -0.1) is 0 Å². The molecule has 0 saturated heterocycles. The molecule has 15 heteroatoms. The normalized spacial score (nSPS) is 11.8. The Labute approximate surface area is 375 Å². The molecule has 65 heavy (non-hydrogen) atoms. The van der Waals surface area contributed by atoms with Gasteiger partial charge in [-0.05, 0) is 71.8 Å². The number of nitrogen functional groups attached to an aromatic ring is 1. The third-order valence-electron chi connectivity index (χ3n) is 10.5. The summed E-state index contributed by atoms with van der Waals surface area (Å²) in [5.74, 6) is 4.90. The summed E-state index contributed by atoms with van der Waals surface area (Å²) in [6.45, 7) is 3.20. The van der Waals surface area contributed by atoms with Crippen LogP contribution in [0.25, 0.3) is 33.4 Å². The highest BCUT2D eigenvalue weighted by Gasteiger charge is 2.24. The van der Waals surface area contributed by atoms with Gasteiger partial charge in [-0.3, -0.25) is 14.4 Å². The maximum Gasteiger partial charge on any atom is 0.336 e. The number of aromatic carboxylic acids is 1. The number of hydrogen-bond donors (Lipinski definition) is 5. The quantitative estimate of drug-likeness (QED) is 0.0260. The Morgan fingerprint density at radius 3 is 2.17 bits per heavy atom. The number of carbonyl (C=O) groups is 4. The van der Waals surface area contributed by atoms with Crippen LogP contribution in [0.15, 0.2) is 108 Å². The van der Waals surface area contributed by atoms with Gasteiger partial charge in [0.15, 0.2) is 0 Å². The van der Waals surface area contributed by atoms with Crippen LogP contribution in [0.5, 0.6) is 0 Å². The van der Waals surface area contributed by atoms with E-state index in [1.165, 1.54) is 12.1 Å². The van der Waals surface area contributed by atoms with Crippen LogP contribution >= 0.6 is 0 Å². The monoisotopic (exact) mass is 879 g/mol. The molecule has 6 N–H and O–H groups in total. The lowest BCUT2D eigenvalue weighted by Crippen LogP contribution is -2.35. The number of anilines is 2. The molecular formula is C50H49N5O10. The van der Waals surface area contributed by atoms with E-state index in [1.54, 1.807) is 47.4 Å². The first-order chi connectivity index (χ1) is 31.7. The molecule has 0 aromatic heterocycles. The molecule has 7 rings (SSSR count). The van der Waals surface area contributed by atoms with Crippen LogP contribution in [0.4, 0.5) is 11.4 Å². The minimum absolute atomic E-state index is 0.000742. The highest BCUT2D eigenvalue weighted by Crippen LogP contribution is 2.42. The molecule has 0 saturated carbocycles. The first kappa shape index (κ1) is 45.7. The maximum absolute atomic E-state index is 13.3. The SMILES string of the molecule is N=c1ccc2c(-c3cc(C(=O)NCCOCCOCCOCCOCCC(=O)NCCC(=O)N4Cc5ccccc5C#Cc5ccccc54)ccc3C(=O)O)c3ccc(N)cc3oc-2c1. The number of fused-ring (bicyclic) bond motifs is 4. The summed E-state index contributed by atoms with van der Waals surface area (Å²) < 4.78 is 28.3. The number of nitrogens with one attached hydrogen (secondary N) is 3. The second-order valence-electron chi connectivity index (χ2n) is 15.0. The second kappa shape index (κ2) is 22.3. The fraction of sp³-hybridized carbons (Fsp3) is 0.260. The second-order valence-corrected chi connectivity index (χ2v) is 15.0. The number of carbonyl (C=O) groups excluding carboxylic acids is 3. The molecule has 1 aliphatic carbocycles. The number of carboxylic acids is 1. The summed E-state index contributed by atoms with van der Waals surface area (Å²) in [6, 6.07) is 29.7. The van der Waals surface area contributed by atoms with Crippen molar-refractivity contribution in [3.63, 3.8) is 0 Å². The number of nitrogens with two attached hydrogens (primary N) is 1. The molecule has 4 aromatic rings. The van der Waals surface area contributed by atoms with E-state index < -0.39 is 11.9 Å². The van der Waals surface area contributed by atoms with Crippen LogP contribution in [0, 0.1) is 17.3 Å². The van der Waals surface area contributed by atoms with Crippen LogP contribution in [0.3, 0.4) is 0 Å². The van der Waals surface area contributed by atoms with Gasteiger partial charge >= 0.3 is 5.97 Å². The van der Waals surface area contributed by atoms with E-state index in [2.05, 4.69) is 22.5 Å². The summed E-state index contributed by atoms with van der Waals surface area (Å²) >= 11 is 0. The molecule has 15 nitrogen and oxygen atoms in total. The fourth-order valence-corrected chi connectivity index (χ4v) is 7.28. The number of carboxylic acid groups (broad SMARTS) is 1. The standard InChI is InChI=1S/C50H49N5O10/c51-37-12-15-40-44(30-37)65-45-31-38(52)13-16-41(45)48(40)42-29-35(11-14-39(42)50(59)60)49(58)54-20-22-62-24-26-64-28-27-63-25-23-61-21-18-46(56)53-19-17-47(57)55-32-36-7-2-1-5-33(36)9-10-34-6-3-4-8-43(34)55/h1-8,11-16,29-31,51H,17-28,32,52H2,(H,53,56)(H,54,58)(H,59,60). The third-order valence-corrected chi connectivity index (χ3v) is 10.5. The largest absolute Gasteiger partial charge is 0.478 e. The minimum Gasteiger partial charge on any atom is -0.478 e. The smallest absolute Gasteiger partial charge is 0.336 e. The molecule has 2 aliphatic heterocycles. The van der Waals surface area contributed by atoms with Crippen molar-refractivity contribution in [1.82, 2.24) is 10.6 Å². The van der Waals surface area contributed by atoms with Crippen LogP contribution in [-0.4, -0.2) is 94.7 Å². The first-order valence-corrected chi connectivity index (χ1v) is 21.2. The van der Waals surface area contributed by atoms with Gasteiger partial charge < -0.3 is 55.1 Å². The Morgan fingerprint density at radius 2 is 1.40 bits per heavy atom. The van der Waals surface area contributed by atoms with Crippen molar-refractivity contribution in [2.24, 2.45) is 0 Å². The molecule has 0 radical (unpaired) electrons.